The number of methoxy groups -OCH3 is 1. The standard InChI is InChI=1S/C21H23NO3/c1-21(2,3)25-20(23)22-14-16(18-7-5-6-8-19(18)22)13-15-9-11-17(24-4)12-10-15/h5-12,14H,13H2,1-4H3. The molecule has 0 saturated heterocycles. The third-order valence-corrected chi connectivity index (χ3v) is 3.94. The second-order valence-electron chi connectivity index (χ2n) is 7.05. The van der Waals surface area contributed by atoms with Crippen molar-refractivity contribution in [1.82, 2.24) is 4.57 Å². The zero-order chi connectivity index (χ0) is 18.0. The normalized spacial score (nSPS) is 11.5. The van der Waals surface area contributed by atoms with E-state index in [0.29, 0.717) is 0 Å². The summed E-state index contributed by atoms with van der Waals surface area (Å²) in [4.78, 5) is 12.5. The number of carbonyl (C=O) groups is 1. The predicted molar refractivity (Wildman–Crippen MR) is 99.4 cm³/mol. The fourth-order valence-corrected chi connectivity index (χ4v) is 2.82. The molecule has 0 fully saturated rings. The third kappa shape index (κ3) is 3.85. The van der Waals surface area contributed by atoms with Crippen molar-refractivity contribution in [2.24, 2.45) is 0 Å². The molecule has 0 spiro atoms. The highest BCUT2D eigenvalue weighted by Crippen LogP contribution is 2.25. The van der Waals surface area contributed by atoms with Crippen molar-refractivity contribution in [3.8, 4) is 5.75 Å². The summed E-state index contributed by atoms with van der Waals surface area (Å²) >= 11 is 0. The maximum atomic E-state index is 12.5. The van der Waals surface area contributed by atoms with E-state index in [1.165, 1.54) is 0 Å². The molecular weight excluding hydrogens is 314 g/mol. The number of fused-ring (bicyclic) bond motifs is 1. The molecule has 1 heterocycles. The minimum Gasteiger partial charge on any atom is -0.497 e. The van der Waals surface area contributed by atoms with Crippen LogP contribution in [0.4, 0.5) is 4.79 Å². The molecule has 0 bridgehead atoms. The first-order valence-electron chi connectivity index (χ1n) is 8.32. The van der Waals surface area contributed by atoms with Crippen molar-refractivity contribution in [2.75, 3.05) is 7.11 Å². The molecule has 1 aromatic heterocycles. The van der Waals surface area contributed by atoms with Crippen LogP contribution >= 0.6 is 0 Å². The molecule has 25 heavy (non-hydrogen) atoms. The number of carbonyl (C=O) groups excluding carboxylic acids is 1. The van der Waals surface area contributed by atoms with E-state index >= 15 is 0 Å². The summed E-state index contributed by atoms with van der Waals surface area (Å²) in [6.07, 6.45) is 2.26. The van der Waals surface area contributed by atoms with E-state index in [1.807, 2.05) is 75.5 Å². The van der Waals surface area contributed by atoms with Gasteiger partial charge in [-0.25, -0.2) is 4.79 Å². The molecule has 4 nitrogen and oxygen atoms in total. The van der Waals surface area contributed by atoms with Crippen LogP contribution in [0.1, 0.15) is 31.9 Å². The predicted octanol–water partition coefficient (Wildman–Crippen LogP) is 5.02. The van der Waals surface area contributed by atoms with Gasteiger partial charge in [-0.3, -0.25) is 4.57 Å². The van der Waals surface area contributed by atoms with E-state index in [-0.39, 0.29) is 6.09 Å². The Morgan fingerprint density at radius 1 is 1.04 bits per heavy atom. The van der Waals surface area contributed by atoms with Crippen molar-refractivity contribution in [3.05, 3.63) is 65.9 Å². The van der Waals surface area contributed by atoms with E-state index in [0.717, 1.165) is 34.2 Å². The molecule has 0 aliphatic rings. The quantitative estimate of drug-likeness (QED) is 0.673. The number of hydrogen-bond acceptors (Lipinski definition) is 3. The SMILES string of the molecule is COc1ccc(Cc2cn(C(=O)OC(C)(C)C)c3ccccc23)cc1. The number of aromatic nitrogens is 1. The second kappa shape index (κ2) is 6.63. The minimum atomic E-state index is -0.529. The van der Waals surface area contributed by atoms with Crippen molar-refractivity contribution in [3.63, 3.8) is 0 Å². The van der Waals surface area contributed by atoms with Gasteiger partial charge >= 0.3 is 6.09 Å². The number of benzene rings is 2. The Morgan fingerprint density at radius 3 is 2.36 bits per heavy atom. The number of rotatable bonds is 3. The molecule has 0 atom stereocenters. The van der Waals surface area contributed by atoms with Gasteiger partial charge in [0.05, 0.1) is 12.6 Å². The van der Waals surface area contributed by atoms with Gasteiger partial charge in [-0.05, 0) is 56.5 Å². The van der Waals surface area contributed by atoms with Crippen LogP contribution in [0.2, 0.25) is 0 Å². The van der Waals surface area contributed by atoms with Crippen LogP contribution in [0.15, 0.2) is 54.7 Å². The number of nitrogens with zero attached hydrogens (tertiary/aromatic N) is 1. The van der Waals surface area contributed by atoms with Crippen LogP contribution in [-0.2, 0) is 11.2 Å². The highest BCUT2D eigenvalue weighted by atomic mass is 16.6. The summed E-state index contributed by atoms with van der Waals surface area (Å²) in [6, 6.07) is 15.9. The second-order valence-corrected chi connectivity index (χ2v) is 7.05. The van der Waals surface area contributed by atoms with Gasteiger partial charge in [0.15, 0.2) is 0 Å². The van der Waals surface area contributed by atoms with Crippen LogP contribution < -0.4 is 4.74 Å². The Bertz CT molecular complexity index is 886. The zero-order valence-electron chi connectivity index (χ0n) is 15.1. The van der Waals surface area contributed by atoms with E-state index in [1.54, 1.807) is 11.7 Å². The molecule has 0 amide bonds. The Kier molecular flexibility index (Phi) is 4.53. The largest absolute Gasteiger partial charge is 0.497 e. The highest BCUT2D eigenvalue weighted by molar-refractivity contribution is 5.92. The first-order chi connectivity index (χ1) is 11.9. The fraction of sp³-hybridized carbons (Fsp3) is 0.286. The molecule has 0 aliphatic carbocycles. The van der Waals surface area contributed by atoms with E-state index < -0.39 is 5.60 Å². The lowest BCUT2D eigenvalue weighted by Gasteiger charge is -2.19. The van der Waals surface area contributed by atoms with E-state index in [9.17, 15) is 4.79 Å². The Labute approximate surface area is 148 Å². The first kappa shape index (κ1) is 17.1. The summed E-state index contributed by atoms with van der Waals surface area (Å²) < 4.78 is 12.3. The number of ether oxygens (including phenoxy) is 2. The lowest BCUT2D eigenvalue weighted by atomic mass is 10.0. The van der Waals surface area contributed by atoms with E-state index in [4.69, 9.17) is 9.47 Å². The van der Waals surface area contributed by atoms with Gasteiger partial charge in [-0.2, -0.15) is 0 Å². The maximum Gasteiger partial charge on any atom is 0.419 e. The van der Waals surface area contributed by atoms with E-state index in [2.05, 4.69) is 0 Å². The summed E-state index contributed by atoms with van der Waals surface area (Å²) in [5, 5.41) is 1.06. The molecule has 2 aromatic carbocycles. The lowest BCUT2D eigenvalue weighted by Crippen LogP contribution is -2.26. The first-order valence-corrected chi connectivity index (χ1v) is 8.32. The molecule has 3 aromatic rings. The zero-order valence-corrected chi connectivity index (χ0v) is 15.1. The summed E-state index contributed by atoms with van der Waals surface area (Å²) in [5.74, 6) is 0.833. The van der Waals surface area contributed by atoms with Crippen LogP contribution in [-0.4, -0.2) is 23.4 Å². The molecule has 3 rings (SSSR count). The molecule has 0 aliphatic heterocycles. The van der Waals surface area contributed by atoms with Crippen molar-refractivity contribution < 1.29 is 14.3 Å². The minimum absolute atomic E-state index is 0.357. The monoisotopic (exact) mass is 337 g/mol. The lowest BCUT2D eigenvalue weighted by molar-refractivity contribution is 0.0544. The number of para-hydroxylation sites is 1. The Morgan fingerprint density at radius 2 is 1.72 bits per heavy atom. The van der Waals surface area contributed by atoms with Crippen LogP contribution in [0, 0.1) is 0 Å². The molecule has 0 N–H and O–H groups in total. The average molecular weight is 337 g/mol. The topological polar surface area (TPSA) is 40.5 Å². The average Bonchev–Trinajstić information content (AvgIpc) is 2.93. The van der Waals surface area contributed by atoms with Gasteiger partial charge in [0.2, 0.25) is 0 Å². The van der Waals surface area contributed by atoms with Crippen LogP contribution in [0.3, 0.4) is 0 Å². The molecule has 0 radical (unpaired) electrons. The van der Waals surface area contributed by atoms with Crippen molar-refractivity contribution >= 4 is 17.0 Å². The van der Waals surface area contributed by atoms with Gasteiger partial charge in [-0.1, -0.05) is 30.3 Å². The Hall–Kier alpha value is -2.75. The number of hydrogen-bond donors (Lipinski definition) is 0. The molecule has 4 heteroatoms. The van der Waals surface area contributed by atoms with Crippen LogP contribution in [0.25, 0.3) is 10.9 Å². The van der Waals surface area contributed by atoms with Gasteiger partial charge in [-0.15, -0.1) is 0 Å². The van der Waals surface area contributed by atoms with Gasteiger partial charge < -0.3 is 9.47 Å². The Balaban J connectivity index is 1.97. The smallest absolute Gasteiger partial charge is 0.419 e. The van der Waals surface area contributed by atoms with Gasteiger partial charge in [0.25, 0.3) is 0 Å². The van der Waals surface area contributed by atoms with Crippen molar-refractivity contribution in [1.29, 1.82) is 0 Å². The van der Waals surface area contributed by atoms with Gasteiger partial charge in [0, 0.05) is 11.6 Å². The maximum absolute atomic E-state index is 12.5. The summed E-state index contributed by atoms with van der Waals surface area (Å²) in [7, 11) is 1.66. The van der Waals surface area contributed by atoms with Crippen LogP contribution in [0.5, 0.6) is 5.75 Å². The molecular formula is C21H23NO3. The summed E-state index contributed by atoms with van der Waals surface area (Å²) in [6.45, 7) is 5.61. The highest BCUT2D eigenvalue weighted by Gasteiger charge is 2.20. The van der Waals surface area contributed by atoms with Crippen molar-refractivity contribution in [2.45, 2.75) is 32.8 Å². The fourth-order valence-electron chi connectivity index (χ4n) is 2.82. The summed E-state index contributed by atoms with van der Waals surface area (Å²) in [5.41, 5.74) is 2.58. The third-order valence-electron chi connectivity index (χ3n) is 3.94. The van der Waals surface area contributed by atoms with Gasteiger partial charge in [0.1, 0.15) is 11.4 Å². The molecule has 0 unspecified atom stereocenters. The molecule has 0 saturated carbocycles. The molecule has 130 valence electrons.